The first-order valence-electron chi connectivity index (χ1n) is 8.72. The molecule has 0 saturated carbocycles. The molecule has 0 unspecified atom stereocenters. The fourth-order valence-corrected chi connectivity index (χ4v) is 2.77. The van der Waals surface area contributed by atoms with Crippen molar-refractivity contribution >= 4 is 18.0 Å². The lowest BCUT2D eigenvalue weighted by Gasteiger charge is -2.30. The molecular formula is C17H23F3N4O4. The maximum atomic E-state index is 13.1. The zero-order valence-electron chi connectivity index (χ0n) is 16.1. The van der Waals surface area contributed by atoms with Crippen LogP contribution in [0.5, 0.6) is 0 Å². The summed E-state index contributed by atoms with van der Waals surface area (Å²) in [6.45, 7) is 7.71. The van der Waals surface area contributed by atoms with Gasteiger partial charge in [0, 0.05) is 31.7 Å². The van der Waals surface area contributed by atoms with Crippen LogP contribution in [0.1, 0.15) is 50.3 Å². The number of hydrogen-bond donors (Lipinski definition) is 1. The number of carbonyl (C=O) groups is 2. The van der Waals surface area contributed by atoms with Crippen LogP contribution in [0.3, 0.4) is 0 Å². The molecule has 156 valence electrons. The molecule has 0 radical (unpaired) electrons. The molecule has 2 rings (SSSR count). The molecule has 0 aromatic carbocycles. The highest BCUT2D eigenvalue weighted by Gasteiger charge is 2.36. The first-order valence-corrected chi connectivity index (χ1v) is 8.72. The molecule has 1 amide bonds. The molecule has 0 aliphatic carbocycles. The number of hydrogen-bond acceptors (Lipinski definition) is 6. The van der Waals surface area contributed by atoms with Crippen LogP contribution >= 0.6 is 0 Å². The van der Waals surface area contributed by atoms with Crippen molar-refractivity contribution in [3.8, 4) is 0 Å². The second-order valence-electron chi connectivity index (χ2n) is 7.56. The van der Waals surface area contributed by atoms with Gasteiger partial charge in [-0.25, -0.2) is 19.6 Å². The van der Waals surface area contributed by atoms with Crippen molar-refractivity contribution in [3.63, 3.8) is 0 Å². The van der Waals surface area contributed by atoms with Crippen LogP contribution in [0.2, 0.25) is 0 Å². The molecule has 1 saturated heterocycles. The fraction of sp³-hybridized carbons (Fsp3) is 0.647. The Balaban J connectivity index is 2.30. The third kappa shape index (κ3) is 5.46. The van der Waals surface area contributed by atoms with Gasteiger partial charge >= 0.3 is 18.2 Å². The monoisotopic (exact) mass is 404 g/mol. The number of ether oxygens (including phenoxy) is 1. The number of alkyl halides is 3. The number of aromatic carboxylic acids is 1. The molecule has 28 heavy (non-hydrogen) atoms. The van der Waals surface area contributed by atoms with Crippen LogP contribution in [-0.2, 0) is 10.9 Å². The van der Waals surface area contributed by atoms with Gasteiger partial charge < -0.3 is 19.6 Å². The van der Waals surface area contributed by atoms with Crippen LogP contribution in [-0.4, -0.2) is 63.3 Å². The molecular weight excluding hydrogens is 381 g/mol. The van der Waals surface area contributed by atoms with E-state index >= 15 is 0 Å². The number of amides is 1. The van der Waals surface area contributed by atoms with Crippen molar-refractivity contribution in [2.75, 3.05) is 24.5 Å². The van der Waals surface area contributed by atoms with E-state index in [-0.39, 0.29) is 19.0 Å². The Morgan fingerprint density at radius 3 is 2.39 bits per heavy atom. The number of anilines is 1. The number of aromatic nitrogens is 2. The molecule has 1 aromatic rings. The lowest BCUT2D eigenvalue weighted by Crippen LogP contribution is -2.43. The van der Waals surface area contributed by atoms with Gasteiger partial charge in [-0.1, -0.05) is 0 Å². The summed E-state index contributed by atoms with van der Waals surface area (Å²) < 4.78 is 44.7. The average Bonchev–Trinajstić information content (AvgIpc) is 2.73. The Labute approximate surface area is 160 Å². The Morgan fingerprint density at radius 2 is 1.86 bits per heavy atom. The Morgan fingerprint density at radius 1 is 1.21 bits per heavy atom. The molecule has 11 heteroatoms. The van der Waals surface area contributed by atoms with Crippen molar-refractivity contribution in [1.29, 1.82) is 0 Å². The zero-order chi connectivity index (χ0) is 21.3. The molecule has 2 heterocycles. The average molecular weight is 404 g/mol. The Hall–Kier alpha value is -2.59. The summed E-state index contributed by atoms with van der Waals surface area (Å²) in [5.74, 6) is -1.90. The van der Waals surface area contributed by atoms with Gasteiger partial charge in [0.1, 0.15) is 5.60 Å². The minimum absolute atomic E-state index is 0.178. The molecule has 1 aromatic heterocycles. The molecule has 1 aliphatic heterocycles. The van der Waals surface area contributed by atoms with Crippen molar-refractivity contribution in [3.05, 3.63) is 17.5 Å². The van der Waals surface area contributed by atoms with E-state index in [9.17, 15) is 22.8 Å². The second-order valence-corrected chi connectivity index (χ2v) is 7.56. The number of carbonyl (C=O) groups excluding carboxylic acids is 1. The SMILES string of the molecule is C[C@H]1CN(C(=O)OC(C)(C)C)CCCN1c1nc(C(=O)O)cc(C(F)(F)F)n1. The van der Waals surface area contributed by atoms with Crippen LogP contribution in [0, 0.1) is 0 Å². The lowest BCUT2D eigenvalue weighted by molar-refractivity contribution is -0.141. The molecule has 1 aliphatic rings. The highest BCUT2D eigenvalue weighted by Crippen LogP contribution is 2.30. The minimum atomic E-state index is -4.81. The van der Waals surface area contributed by atoms with Gasteiger partial charge in [0.2, 0.25) is 5.95 Å². The number of halogens is 3. The van der Waals surface area contributed by atoms with Gasteiger partial charge in [-0.3, -0.25) is 0 Å². The van der Waals surface area contributed by atoms with Gasteiger partial charge in [0.15, 0.2) is 11.4 Å². The number of rotatable bonds is 2. The normalized spacial score (nSPS) is 18.6. The van der Waals surface area contributed by atoms with E-state index in [1.165, 1.54) is 9.80 Å². The topological polar surface area (TPSA) is 95.9 Å². The van der Waals surface area contributed by atoms with E-state index in [0.717, 1.165) is 0 Å². The third-order valence-corrected chi connectivity index (χ3v) is 3.98. The summed E-state index contributed by atoms with van der Waals surface area (Å²) in [4.78, 5) is 33.8. The van der Waals surface area contributed by atoms with Crippen molar-refractivity contribution in [2.24, 2.45) is 0 Å². The Bertz CT molecular complexity index is 749. The van der Waals surface area contributed by atoms with Gasteiger partial charge in [-0.15, -0.1) is 0 Å². The summed E-state index contributed by atoms with van der Waals surface area (Å²) in [6, 6.07) is -0.0402. The fourth-order valence-electron chi connectivity index (χ4n) is 2.77. The van der Waals surface area contributed by atoms with E-state index in [4.69, 9.17) is 9.84 Å². The molecule has 1 fully saturated rings. The number of carboxylic acids is 1. The molecule has 0 bridgehead atoms. The standard InChI is InChI=1S/C17H23F3N4O4/c1-10-9-23(15(27)28-16(2,3)4)6-5-7-24(10)14-21-11(13(25)26)8-12(22-14)17(18,19)20/h8,10H,5-7,9H2,1-4H3,(H,25,26)/t10-/m0/s1. The zero-order valence-corrected chi connectivity index (χ0v) is 16.1. The predicted molar refractivity (Wildman–Crippen MR) is 93.2 cm³/mol. The first kappa shape index (κ1) is 21.7. The van der Waals surface area contributed by atoms with Crippen molar-refractivity contribution in [1.82, 2.24) is 14.9 Å². The quantitative estimate of drug-likeness (QED) is 0.809. The van der Waals surface area contributed by atoms with Crippen molar-refractivity contribution < 1.29 is 32.6 Å². The smallest absolute Gasteiger partial charge is 0.433 e. The van der Waals surface area contributed by atoms with E-state index in [1.54, 1.807) is 27.7 Å². The summed E-state index contributed by atoms with van der Waals surface area (Å²) in [5.41, 5.74) is -2.74. The van der Waals surface area contributed by atoms with Gasteiger partial charge in [0.05, 0.1) is 0 Å². The van der Waals surface area contributed by atoms with E-state index in [2.05, 4.69) is 9.97 Å². The number of nitrogens with zero attached hydrogens (tertiary/aromatic N) is 4. The highest BCUT2D eigenvalue weighted by molar-refractivity contribution is 5.85. The molecule has 0 spiro atoms. The molecule has 8 nitrogen and oxygen atoms in total. The largest absolute Gasteiger partial charge is 0.477 e. The Kier molecular flexibility index (Phi) is 6.05. The minimum Gasteiger partial charge on any atom is -0.477 e. The van der Waals surface area contributed by atoms with Gasteiger partial charge in [-0.2, -0.15) is 13.2 Å². The summed E-state index contributed by atoms with van der Waals surface area (Å²) in [5, 5.41) is 9.10. The predicted octanol–water partition coefficient (Wildman–Crippen LogP) is 3.03. The van der Waals surface area contributed by atoms with Gasteiger partial charge in [-0.05, 0) is 34.1 Å². The maximum absolute atomic E-state index is 13.1. The summed E-state index contributed by atoms with van der Waals surface area (Å²) in [7, 11) is 0. The lowest BCUT2D eigenvalue weighted by atomic mass is 10.2. The van der Waals surface area contributed by atoms with Crippen molar-refractivity contribution in [2.45, 2.75) is 51.9 Å². The van der Waals surface area contributed by atoms with E-state index < -0.39 is 41.3 Å². The first-order chi connectivity index (χ1) is 12.8. The summed E-state index contributed by atoms with van der Waals surface area (Å²) >= 11 is 0. The second kappa shape index (κ2) is 7.80. The summed E-state index contributed by atoms with van der Waals surface area (Å²) in [6.07, 6.45) is -4.89. The van der Waals surface area contributed by atoms with E-state index in [0.29, 0.717) is 19.0 Å². The maximum Gasteiger partial charge on any atom is 0.433 e. The molecule has 1 N–H and O–H groups in total. The number of carboxylic acid groups (broad SMARTS) is 1. The van der Waals surface area contributed by atoms with Crippen LogP contribution in [0.25, 0.3) is 0 Å². The highest BCUT2D eigenvalue weighted by atomic mass is 19.4. The van der Waals surface area contributed by atoms with E-state index in [1.807, 2.05) is 0 Å². The van der Waals surface area contributed by atoms with Gasteiger partial charge in [0.25, 0.3) is 0 Å². The van der Waals surface area contributed by atoms with Crippen LogP contribution in [0.4, 0.5) is 23.9 Å². The van der Waals surface area contributed by atoms with Crippen LogP contribution in [0.15, 0.2) is 6.07 Å². The third-order valence-electron chi connectivity index (χ3n) is 3.98. The van der Waals surface area contributed by atoms with Crippen LogP contribution < -0.4 is 4.90 Å². The molecule has 1 atom stereocenters.